The molecule has 0 spiro atoms. The monoisotopic (exact) mass is 347 g/mol. The number of halogens is 1. The Hall–Kier alpha value is 0.440. The fourth-order valence-electron chi connectivity index (χ4n) is 3.48. The van der Waals surface area contributed by atoms with E-state index >= 15 is 0 Å². The van der Waals surface area contributed by atoms with Gasteiger partial charge in [-0.2, -0.15) is 0 Å². The first-order chi connectivity index (χ1) is 9.27. The van der Waals surface area contributed by atoms with E-state index < -0.39 is 0 Å². The highest BCUT2D eigenvalue weighted by Gasteiger charge is 2.25. The van der Waals surface area contributed by atoms with Crippen LogP contribution in [0.4, 0.5) is 0 Å². The minimum absolute atomic E-state index is 0. The maximum atomic E-state index is 2.46. The molecule has 2 heteroatoms. The van der Waals surface area contributed by atoms with Gasteiger partial charge in [-0.15, -0.1) is 0 Å². The molecule has 0 aromatic rings. The summed E-state index contributed by atoms with van der Waals surface area (Å²) in [5.74, 6) is 0. The summed E-state index contributed by atoms with van der Waals surface area (Å²) in [6, 6.07) is 0. The van der Waals surface area contributed by atoms with Gasteiger partial charge in [0.2, 0.25) is 0 Å². The molecule has 0 radical (unpaired) electrons. The van der Waals surface area contributed by atoms with Crippen molar-refractivity contribution in [3.05, 3.63) is 0 Å². The van der Waals surface area contributed by atoms with E-state index in [-0.39, 0.29) is 17.0 Å². The van der Waals surface area contributed by atoms with Gasteiger partial charge in [0.25, 0.3) is 0 Å². The number of nitrogens with zero attached hydrogens (tertiary/aromatic N) is 1. The van der Waals surface area contributed by atoms with Gasteiger partial charge in [0.05, 0.1) is 26.7 Å². The fourth-order valence-corrected chi connectivity index (χ4v) is 3.48. The Balaban J connectivity index is 0.00000361. The van der Waals surface area contributed by atoms with E-state index in [1.54, 1.807) is 0 Å². The Morgan fingerprint density at radius 1 is 0.650 bits per heavy atom. The van der Waals surface area contributed by atoms with E-state index in [2.05, 4.69) is 14.0 Å². The first kappa shape index (κ1) is 20.4. The highest BCUT2D eigenvalue weighted by atomic mass is 79.9. The second-order valence-corrected chi connectivity index (χ2v) is 7.03. The zero-order valence-electron chi connectivity index (χ0n) is 14.1. The van der Waals surface area contributed by atoms with Crippen molar-refractivity contribution in [2.24, 2.45) is 0 Å². The quantitative estimate of drug-likeness (QED) is 0.376. The van der Waals surface area contributed by atoms with Crippen LogP contribution in [0.1, 0.15) is 90.4 Å². The minimum atomic E-state index is 0. The lowest BCUT2D eigenvalue weighted by Gasteiger charge is -2.29. The van der Waals surface area contributed by atoms with Crippen LogP contribution in [0.25, 0.3) is 0 Å². The molecule has 1 aliphatic heterocycles. The molecule has 0 unspecified atom stereocenters. The Morgan fingerprint density at radius 2 is 1.05 bits per heavy atom. The van der Waals surface area contributed by atoms with Crippen LogP contribution in [-0.2, 0) is 0 Å². The van der Waals surface area contributed by atoms with Crippen LogP contribution >= 0.6 is 0 Å². The third kappa shape index (κ3) is 10.2. The highest BCUT2D eigenvalue weighted by molar-refractivity contribution is 4.53. The van der Waals surface area contributed by atoms with Crippen LogP contribution < -0.4 is 17.0 Å². The van der Waals surface area contributed by atoms with Crippen LogP contribution in [0.2, 0.25) is 0 Å². The number of likely N-dealkylation sites (tertiary alicyclic amines) is 1. The predicted octanol–water partition coefficient (Wildman–Crippen LogP) is 2.54. The fraction of sp³-hybridized carbons (Fsp3) is 1.00. The van der Waals surface area contributed by atoms with Crippen molar-refractivity contribution >= 4 is 0 Å². The summed E-state index contributed by atoms with van der Waals surface area (Å²) in [6.07, 6.45) is 19.0. The lowest BCUT2D eigenvalue weighted by molar-refractivity contribution is -0.897. The topological polar surface area (TPSA) is 0 Å². The first-order valence-electron chi connectivity index (χ1n) is 9.10. The Morgan fingerprint density at radius 3 is 1.50 bits per heavy atom. The van der Waals surface area contributed by atoms with E-state index in [1.165, 1.54) is 108 Å². The predicted molar refractivity (Wildman–Crippen MR) is 86.5 cm³/mol. The number of unbranched alkanes of at least 4 members (excludes halogenated alkanes) is 10. The van der Waals surface area contributed by atoms with Gasteiger partial charge in [0.1, 0.15) is 0 Å². The summed E-state index contributed by atoms with van der Waals surface area (Å²) in [5.41, 5.74) is 0. The molecule has 1 nitrogen and oxygen atoms in total. The summed E-state index contributed by atoms with van der Waals surface area (Å²) >= 11 is 0. The van der Waals surface area contributed by atoms with Crippen molar-refractivity contribution in [3.63, 3.8) is 0 Å². The lowest BCUT2D eigenvalue weighted by atomic mass is 10.1. The second kappa shape index (κ2) is 13.1. The zero-order valence-corrected chi connectivity index (χ0v) is 15.7. The van der Waals surface area contributed by atoms with Gasteiger partial charge >= 0.3 is 0 Å². The van der Waals surface area contributed by atoms with Crippen molar-refractivity contribution in [1.82, 2.24) is 0 Å². The largest absolute Gasteiger partial charge is 1.00 e. The van der Waals surface area contributed by atoms with Crippen molar-refractivity contribution < 1.29 is 21.5 Å². The standard InChI is InChI=1S/C18H38N.BrH/c1-3-4-5-6-7-8-9-10-11-12-13-16-19(2)17-14-15-18-19;/h3-18H2,1-2H3;1H/q+1;/p-1. The van der Waals surface area contributed by atoms with Gasteiger partial charge in [0.15, 0.2) is 0 Å². The molecule has 1 fully saturated rings. The zero-order chi connectivity index (χ0) is 13.8. The van der Waals surface area contributed by atoms with E-state index in [9.17, 15) is 0 Å². The number of quaternary nitrogens is 1. The number of rotatable bonds is 12. The lowest BCUT2D eigenvalue weighted by Crippen LogP contribution is -3.00. The highest BCUT2D eigenvalue weighted by Crippen LogP contribution is 2.18. The van der Waals surface area contributed by atoms with Gasteiger partial charge in [-0.1, -0.05) is 64.7 Å². The molecular formula is C18H38BrN. The molecule has 0 aliphatic carbocycles. The molecule has 0 N–H and O–H groups in total. The van der Waals surface area contributed by atoms with Crippen LogP contribution in [0.15, 0.2) is 0 Å². The van der Waals surface area contributed by atoms with Crippen molar-refractivity contribution in [2.75, 3.05) is 26.7 Å². The van der Waals surface area contributed by atoms with E-state index in [0.29, 0.717) is 0 Å². The first-order valence-corrected chi connectivity index (χ1v) is 9.10. The second-order valence-electron chi connectivity index (χ2n) is 7.03. The van der Waals surface area contributed by atoms with Gasteiger partial charge in [-0.3, -0.25) is 0 Å². The summed E-state index contributed by atoms with van der Waals surface area (Å²) in [7, 11) is 2.46. The molecule has 0 atom stereocenters. The van der Waals surface area contributed by atoms with E-state index in [1.807, 2.05) is 0 Å². The summed E-state index contributed by atoms with van der Waals surface area (Å²) in [6.45, 7) is 6.62. The molecule has 0 bridgehead atoms. The van der Waals surface area contributed by atoms with Gasteiger partial charge < -0.3 is 21.5 Å². The molecule has 20 heavy (non-hydrogen) atoms. The maximum absolute atomic E-state index is 2.46. The third-order valence-electron chi connectivity index (χ3n) is 4.95. The van der Waals surface area contributed by atoms with Crippen LogP contribution in [0.3, 0.4) is 0 Å². The van der Waals surface area contributed by atoms with Crippen molar-refractivity contribution in [3.8, 4) is 0 Å². The summed E-state index contributed by atoms with van der Waals surface area (Å²) in [4.78, 5) is 0. The molecule has 0 saturated carbocycles. The molecule has 1 rings (SSSR count). The SMILES string of the molecule is CCCCCCCCCCCCC[N+]1(C)CCCC1.[Br-]. The maximum Gasteiger partial charge on any atom is 0.0786 e. The molecule has 122 valence electrons. The average molecular weight is 348 g/mol. The van der Waals surface area contributed by atoms with E-state index in [0.717, 1.165) is 0 Å². The van der Waals surface area contributed by atoms with Gasteiger partial charge in [-0.25, -0.2) is 0 Å². The smallest absolute Gasteiger partial charge is 0.0786 e. The average Bonchev–Trinajstić information content (AvgIpc) is 2.83. The van der Waals surface area contributed by atoms with Crippen LogP contribution in [0, 0.1) is 0 Å². The Labute approximate surface area is 138 Å². The molecule has 0 amide bonds. The number of hydrogen-bond acceptors (Lipinski definition) is 0. The molecule has 1 saturated heterocycles. The Kier molecular flexibility index (Phi) is 13.4. The normalized spacial score (nSPS) is 17.1. The number of hydrogen-bond donors (Lipinski definition) is 0. The minimum Gasteiger partial charge on any atom is -1.00 e. The third-order valence-corrected chi connectivity index (χ3v) is 4.95. The van der Waals surface area contributed by atoms with Gasteiger partial charge in [-0.05, 0) is 12.8 Å². The van der Waals surface area contributed by atoms with Crippen molar-refractivity contribution in [1.29, 1.82) is 0 Å². The molecule has 0 aromatic carbocycles. The van der Waals surface area contributed by atoms with Crippen molar-refractivity contribution in [2.45, 2.75) is 90.4 Å². The summed E-state index contributed by atoms with van der Waals surface area (Å²) < 4.78 is 1.37. The Bertz CT molecular complexity index is 200. The van der Waals surface area contributed by atoms with Gasteiger partial charge in [0, 0.05) is 12.8 Å². The molecule has 0 aromatic heterocycles. The molecule has 1 aliphatic rings. The van der Waals surface area contributed by atoms with Crippen LogP contribution in [-0.4, -0.2) is 31.2 Å². The molecular weight excluding hydrogens is 310 g/mol. The summed E-state index contributed by atoms with van der Waals surface area (Å²) in [5, 5.41) is 0. The molecule has 1 heterocycles. The van der Waals surface area contributed by atoms with E-state index in [4.69, 9.17) is 0 Å². The van der Waals surface area contributed by atoms with Crippen LogP contribution in [0.5, 0.6) is 0 Å².